The van der Waals surface area contributed by atoms with Gasteiger partial charge in [0.15, 0.2) is 5.54 Å². The molecule has 0 atom stereocenters. The summed E-state index contributed by atoms with van der Waals surface area (Å²) in [6, 6.07) is 20.2. The second-order valence-electron chi connectivity index (χ2n) is 12.2. The van der Waals surface area contributed by atoms with Crippen LogP contribution in [0.25, 0.3) is 16.7 Å². The fourth-order valence-electron chi connectivity index (χ4n) is 7.23. The number of hydrogen-bond donors (Lipinski definition) is 0. The van der Waals surface area contributed by atoms with Gasteiger partial charge in [-0.05, 0) is 76.0 Å². The topological polar surface area (TPSA) is 15.5 Å². The predicted molar refractivity (Wildman–Crippen MR) is 165 cm³/mol. The van der Waals surface area contributed by atoms with Gasteiger partial charge in [0.1, 0.15) is 18.0 Å². The van der Waals surface area contributed by atoms with Crippen molar-refractivity contribution in [2.45, 2.75) is 72.9 Å². The summed E-state index contributed by atoms with van der Waals surface area (Å²) in [7, 11) is 0. The van der Waals surface area contributed by atoms with Crippen LogP contribution in [-0.4, -0.2) is 24.2 Å². The Morgan fingerprint density at radius 1 is 0.821 bits per heavy atom. The Morgan fingerprint density at radius 2 is 1.56 bits per heavy atom. The molecule has 0 fully saturated rings. The highest BCUT2D eigenvalue weighted by Crippen LogP contribution is 2.46. The molecule has 0 saturated carbocycles. The largest absolute Gasteiger partial charge is 0.456 e. The Labute approximate surface area is 233 Å². The summed E-state index contributed by atoms with van der Waals surface area (Å²) in [5, 5.41) is 2.44. The molecule has 0 amide bonds. The minimum Gasteiger partial charge on any atom is -0.456 e. The minimum atomic E-state index is -0.0478. The Morgan fingerprint density at radius 3 is 2.23 bits per heavy atom. The molecule has 39 heavy (non-hydrogen) atoms. The number of nitrogens with zero attached hydrogens (tertiary/aromatic N) is 2. The van der Waals surface area contributed by atoms with Crippen molar-refractivity contribution in [1.29, 1.82) is 0 Å². The van der Waals surface area contributed by atoms with Crippen molar-refractivity contribution >= 4 is 22.4 Å². The van der Waals surface area contributed by atoms with Crippen molar-refractivity contribution in [2.75, 3.05) is 18.0 Å². The van der Waals surface area contributed by atoms with E-state index < -0.39 is 0 Å². The summed E-state index contributed by atoms with van der Waals surface area (Å²) in [6.45, 7) is 20.1. The van der Waals surface area contributed by atoms with E-state index in [-0.39, 0.29) is 11.1 Å². The molecule has 6 rings (SSSR count). The first kappa shape index (κ1) is 25.7. The normalized spacial score (nSPS) is 18.3. The van der Waals surface area contributed by atoms with Crippen LogP contribution in [0.4, 0.5) is 5.69 Å². The maximum Gasteiger partial charge on any atom is 0.211 e. The summed E-state index contributed by atoms with van der Waals surface area (Å²) >= 11 is 0. The Balaban J connectivity index is 1.73. The van der Waals surface area contributed by atoms with Crippen molar-refractivity contribution < 1.29 is 4.74 Å². The number of rotatable bonds is 4. The van der Waals surface area contributed by atoms with Crippen molar-refractivity contribution in [1.82, 2.24) is 4.58 Å². The lowest BCUT2D eigenvalue weighted by Crippen LogP contribution is -2.49. The summed E-state index contributed by atoms with van der Waals surface area (Å²) < 4.78 is 9.38. The molecule has 0 aliphatic carbocycles. The molecule has 0 saturated heterocycles. The van der Waals surface area contributed by atoms with Crippen molar-refractivity contribution in [3.63, 3.8) is 0 Å². The fourth-order valence-corrected chi connectivity index (χ4v) is 7.23. The molecule has 3 heterocycles. The van der Waals surface area contributed by atoms with Crippen LogP contribution in [0.2, 0.25) is 0 Å². The molecule has 200 valence electrons. The van der Waals surface area contributed by atoms with E-state index >= 15 is 0 Å². The number of hydrogen-bond acceptors (Lipinski definition) is 2. The number of fused-ring (bicyclic) bond motifs is 4. The van der Waals surface area contributed by atoms with E-state index in [4.69, 9.17) is 4.74 Å². The monoisotopic (exact) mass is 517 g/mol. The third kappa shape index (κ3) is 3.89. The van der Waals surface area contributed by atoms with Gasteiger partial charge in [-0.1, -0.05) is 43.3 Å². The van der Waals surface area contributed by atoms with Crippen LogP contribution < -0.4 is 24.8 Å². The second kappa shape index (κ2) is 8.98. The van der Waals surface area contributed by atoms with Crippen LogP contribution in [0.1, 0.15) is 84.1 Å². The first-order valence-electron chi connectivity index (χ1n) is 14.5. The predicted octanol–water partition coefficient (Wildman–Crippen LogP) is 7.16. The van der Waals surface area contributed by atoms with Gasteiger partial charge < -0.3 is 9.64 Å². The van der Waals surface area contributed by atoms with Gasteiger partial charge in [-0.2, -0.15) is 0 Å². The van der Waals surface area contributed by atoms with Gasteiger partial charge in [0.05, 0.1) is 11.6 Å². The number of anilines is 1. The summed E-state index contributed by atoms with van der Waals surface area (Å²) in [6.07, 6.45) is 5.86. The van der Waals surface area contributed by atoms with E-state index in [1.807, 2.05) is 0 Å². The lowest BCUT2D eigenvalue weighted by atomic mass is 9.84. The zero-order valence-electron chi connectivity index (χ0n) is 24.8. The van der Waals surface area contributed by atoms with E-state index in [2.05, 4.69) is 132 Å². The molecule has 3 heteroatoms. The van der Waals surface area contributed by atoms with Crippen molar-refractivity contribution in [2.24, 2.45) is 0 Å². The average Bonchev–Trinajstić information content (AvgIpc) is 2.89. The van der Waals surface area contributed by atoms with E-state index in [1.54, 1.807) is 0 Å². The molecule has 3 aliphatic rings. The first-order chi connectivity index (χ1) is 18.6. The van der Waals surface area contributed by atoms with Crippen LogP contribution in [-0.2, 0) is 0 Å². The number of benzene rings is 3. The lowest BCUT2D eigenvalue weighted by molar-refractivity contribution is 0.399. The van der Waals surface area contributed by atoms with E-state index in [0.717, 1.165) is 31.0 Å². The highest BCUT2D eigenvalue weighted by molar-refractivity contribution is 5.91. The van der Waals surface area contributed by atoms with Crippen LogP contribution >= 0.6 is 0 Å². The van der Waals surface area contributed by atoms with Crippen LogP contribution in [0.5, 0.6) is 11.5 Å². The molecule has 3 nitrogen and oxygen atoms in total. The molecule has 3 aromatic carbocycles. The number of allylic oxidation sites excluding steroid dienone is 2. The standard InChI is InChI=1S/C36H41N2O/c1-9-24-22-36(7,8)38(11-3)31-20-33-29(18-27(24)31)34(25-15-13-12-14-16-25)28-17-26-23(4)21-35(5,6)37(10-2)30(26)19-32(28)39-33/h12-22H,9-11H2,1-8H3/q+1. The van der Waals surface area contributed by atoms with Gasteiger partial charge in [0, 0.05) is 59.6 Å². The molecular weight excluding hydrogens is 476 g/mol. The second-order valence-corrected chi connectivity index (χ2v) is 12.2. The highest BCUT2D eigenvalue weighted by Gasteiger charge is 2.36. The molecule has 3 aromatic rings. The number of ether oxygens (including phenoxy) is 1. The van der Waals surface area contributed by atoms with Gasteiger partial charge in [-0.3, -0.25) is 0 Å². The third-order valence-corrected chi connectivity index (χ3v) is 8.87. The third-order valence-electron chi connectivity index (χ3n) is 8.87. The molecule has 0 bridgehead atoms. The van der Waals surface area contributed by atoms with Gasteiger partial charge in [0.2, 0.25) is 5.36 Å². The maximum atomic E-state index is 6.87. The first-order valence-corrected chi connectivity index (χ1v) is 14.5. The van der Waals surface area contributed by atoms with Crippen LogP contribution in [0.3, 0.4) is 0 Å². The van der Waals surface area contributed by atoms with Gasteiger partial charge in [-0.25, -0.2) is 4.58 Å². The minimum absolute atomic E-state index is 0.0456. The van der Waals surface area contributed by atoms with Crippen molar-refractivity contribution in [3.8, 4) is 11.5 Å². The molecule has 0 N–H and O–H groups in total. The fraction of sp³-hybridized carbons (Fsp3) is 0.361. The van der Waals surface area contributed by atoms with Crippen molar-refractivity contribution in [3.05, 3.63) is 99.6 Å². The van der Waals surface area contributed by atoms with E-state index in [9.17, 15) is 0 Å². The summed E-state index contributed by atoms with van der Waals surface area (Å²) in [5.41, 5.74) is 10.1. The Kier molecular flexibility index (Phi) is 5.91. The Bertz CT molecular complexity index is 1690. The molecule has 0 spiro atoms. The van der Waals surface area contributed by atoms with Crippen LogP contribution in [0.15, 0.2) is 66.7 Å². The summed E-state index contributed by atoms with van der Waals surface area (Å²) in [5.74, 6) is 1.88. The van der Waals surface area contributed by atoms with Gasteiger partial charge in [-0.15, -0.1) is 0 Å². The Hall–Kier alpha value is -3.59. The summed E-state index contributed by atoms with van der Waals surface area (Å²) in [4.78, 5) is 2.49. The quantitative estimate of drug-likeness (QED) is 0.267. The average molecular weight is 518 g/mol. The highest BCUT2D eigenvalue weighted by atomic mass is 16.5. The van der Waals surface area contributed by atoms with E-state index in [1.165, 1.54) is 55.2 Å². The molecular formula is C36H41N2O+. The molecule has 0 aromatic heterocycles. The molecule has 0 radical (unpaired) electrons. The van der Waals surface area contributed by atoms with Gasteiger partial charge >= 0.3 is 0 Å². The zero-order valence-corrected chi connectivity index (χ0v) is 24.8. The SMILES string of the molecule is CCC1=CC(C)(C)[N+](CC)=c2cc3c(cc21)=C(c1ccccc1)c1cc2c(cc1O3)N(CC)C(C)(C)C=C2C. The molecule has 3 aliphatic heterocycles. The van der Waals surface area contributed by atoms with E-state index in [0.29, 0.717) is 0 Å². The maximum absolute atomic E-state index is 6.87. The van der Waals surface area contributed by atoms with Crippen LogP contribution in [0, 0.1) is 0 Å². The van der Waals surface area contributed by atoms with Gasteiger partial charge in [0.25, 0.3) is 0 Å². The zero-order chi connectivity index (χ0) is 27.7. The smallest absolute Gasteiger partial charge is 0.211 e. The molecule has 0 unspecified atom stereocenters. The lowest BCUT2D eigenvalue weighted by Gasteiger charge is -2.43. The number of likely N-dealkylation sites (N-methyl/N-ethyl adjacent to an activating group) is 2.